The summed E-state index contributed by atoms with van der Waals surface area (Å²) >= 11 is 6.00. The van der Waals surface area contributed by atoms with E-state index in [1.807, 2.05) is 12.1 Å². The molecule has 0 aromatic heterocycles. The van der Waals surface area contributed by atoms with Crippen LogP contribution in [0.15, 0.2) is 47.6 Å². The van der Waals surface area contributed by atoms with Gasteiger partial charge in [0.25, 0.3) is 5.91 Å². The van der Waals surface area contributed by atoms with Gasteiger partial charge in [0.2, 0.25) is 0 Å². The third-order valence-electron chi connectivity index (χ3n) is 2.89. The first-order valence-electron chi connectivity index (χ1n) is 6.45. The van der Waals surface area contributed by atoms with Gasteiger partial charge in [0.15, 0.2) is 0 Å². The second-order valence-corrected chi connectivity index (χ2v) is 4.73. The standard InChI is InChI=1S/C16H15ClN2O3/c1-21-13-7-12(8-14(9-13)22-2)16(20)19-18-10-11-5-3-4-6-15(11)17/h3-10H,1-2H3,(H,19,20)/b18-10-. The minimum atomic E-state index is -0.375. The fourth-order valence-corrected chi connectivity index (χ4v) is 1.93. The van der Waals surface area contributed by atoms with E-state index in [4.69, 9.17) is 21.1 Å². The molecular weight excluding hydrogens is 304 g/mol. The van der Waals surface area contributed by atoms with E-state index >= 15 is 0 Å². The van der Waals surface area contributed by atoms with Crippen molar-refractivity contribution in [2.45, 2.75) is 0 Å². The largest absolute Gasteiger partial charge is 0.497 e. The van der Waals surface area contributed by atoms with E-state index in [1.165, 1.54) is 20.4 Å². The van der Waals surface area contributed by atoms with Crippen molar-refractivity contribution in [2.24, 2.45) is 5.10 Å². The number of carbonyl (C=O) groups excluding carboxylic acids is 1. The van der Waals surface area contributed by atoms with Crippen LogP contribution in [-0.4, -0.2) is 26.3 Å². The van der Waals surface area contributed by atoms with E-state index in [9.17, 15) is 4.79 Å². The van der Waals surface area contributed by atoms with Gasteiger partial charge in [-0.2, -0.15) is 5.10 Å². The van der Waals surface area contributed by atoms with Crippen LogP contribution in [0.1, 0.15) is 15.9 Å². The molecule has 1 amide bonds. The number of halogens is 1. The third kappa shape index (κ3) is 3.99. The highest BCUT2D eigenvalue weighted by Gasteiger charge is 2.09. The van der Waals surface area contributed by atoms with Gasteiger partial charge < -0.3 is 9.47 Å². The van der Waals surface area contributed by atoms with Crippen LogP contribution in [0.4, 0.5) is 0 Å². The Morgan fingerprint density at radius 1 is 1.14 bits per heavy atom. The number of nitrogens with zero attached hydrogens (tertiary/aromatic N) is 1. The second kappa shape index (κ2) is 7.47. The van der Waals surface area contributed by atoms with Gasteiger partial charge in [-0.15, -0.1) is 0 Å². The Labute approximate surface area is 133 Å². The molecule has 0 fully saturated rings. The van der Waals surface area contributed by atoms with Crippen LogP contribution in [0.5, 0.6) is 11.5 Å². The zero-order chi connectivity index (χ0) is 15.9. The molecule has 2 aromatic carbocycles. The monoisotopic (exact) mass is 318 g/mol. The number of methoxy groups -OCH3 is 2. The van der Waals surface area contributed by atoms with Crippen LogP contribution in [0.25, 0.3) is 0 Å². The summed E-state index contributed by atoms with van der Waals surface area (Å²) in [5, 5.41) is 4.46. The van der Waals surface area contributed by atoms with Crippen molar-refractivity contribution in [3.8, 4) is 11.5 Å². The van der Waals surface area contributed by atoms with Gasteiger partial charge in [-0.3, -0.25) is 4.79 Å². The molecule has 1 N–H and O–H groups in total. The van der Waals surface area contributed by atoms with Gasteiger partial charge in [-0.25, -0.2) is 5.43 Å². The van der Waals surface area contributed by atoms with E-state index in [2.05, 4.69) is 10.5 Å². The summed E-state index contributed by atoms with van der Waals surface area (Å²) in [5.41, 5.74) is 3.54. The number of rotatable bonds is 5. The summed E-state index contributed by atoms with van der Waals surface area (Å²) in [5.74, 6) is 0.680. The molecule has 22 heavy (non-hydrogen) atoms. The lowest BCUT2D eigenvalue weighted by atomic mass is 10.2. The number of hydrogen-bond donors (Lipinski definition) is 1. The van der Waals surface area contributed by atoms with Crippen LogP contribution < -0.4 is 14.9 Å². The van der Waals surface area contributed by atoms with E-state index in [0.717, 1.165) is 0 Å². The van der Waals surface area contributed by atoms with Crippen molar-refractivity contribution in [3.05, 3.63) is 58.6 Å². The normalized spacial score (nSPS) is 10.5. The maximum absolute atomic E-state index is 12.1. The molecule has 0 saturated heterocycles. The third-order valence-corrected chi connectivity index (χ3v) is 3.23. The van der Waals surface area contributed by atoms with Crippen molar-refractivity contribution in [1.29, 1.82) is 0 Å². The number of benzene rings is 2. The minimum absolute atomic E-state index is 0.375. The number of hydrazone groups is 1. The van der Waals surface area contributed by atoms with Gasteiger partial charge in [-0.05, 0) is 18.2 Å². The molecule has 0 aliphatic rings. The van der Waals surface area contributed by atoms with Crippen molar-refractivity contribution in [3.63, 3.8) is 0 Å². The molecule has 0 unspecified atom stereocenters. The topological polar surface area (TPSA) is 59.9 Å². The lowest BCUT2D eigenvalue weighted by molar-refractivity contribution is 0.0954. The van der Waals surface area contributed by atoms with E-state index in [1.54, 1.807) is 30.3 Å². The molecule has 0 saturated carbocycles. The van der Waals surface area contributed by atoms with Gasteiger partial charge in [0, 0.05) is 22.2 Å². The van der Waals surface area contributed by atoms with Gasteiger partial charge in [0.05, 0.1) is 20.4 Å². The lowest BCUT2D eigenvalue weighted by Crippen LogP contribution is -2.17. The molecule has 6 heteroatoms. The molecule has 5 nitrogen and oxygen atoms in total. The molecular formula is C16H15ClN2O3. The van der Waals surface area contributed by atoms with Crippen LogP contribution >= 0.6 is 11.6 Å². The summed E-state index contributed by atoms with van der Waals surface area (Å²) < 4.78 is 10.2. The predicted octanol–water partition coefficient (Wildman–Crippen LogP) is 3.12. The summed E-state index contributed by atoms with van der Waals surface area (Å²) in [7, 11) is 3.04. The maximum Gasteiger partial charge on any atom is 0.271 e. The zero-order valence-corrected chi connectivity index (χ0v) is 12.9. The molecule has 0 aliphatic heterocycles. The highest BCUT2D eigenvalue weighted by Crippen LogP contribution is 2.22. The number of hydrogen-bond acceptors (Lipinski definition) is 4. The average molecular weight is 319 g/mol. The first-order valence-corrected chi connectivity index (χ1v) is 6.83. The molecule has 0 aliphatic carbocycles. The maximum atomic E-state index is 12.1. The Balaban J connectivity index is 2.11. The quantitative estimate of drug-likeness (QED) is 0.680. The van der Waals surface area contributed by atoms with E-state index in [-0.39, 0.29) is 5.91 Å². The first kappa shape index (κ1) is 15.9. The molecule has 2 aromatic rings. The van der Waals surface area contributed by atoms with Gasteiger partial charge in [-0.1, -0.05) is 29.8 Å². The van der Waals surface area contributed by atoms with Crippen molar-refractivity contribution >= 4 is 23.7 Å². The molecule has 114 valence electrons. The Morgan fingerprint density at radius 3 is 2.36 bits per heavy atom. The average Bonchev–Trinajstić information content (AvgIpc) is 2.55. The van der Waals surface area contributed by atoms with Crippen LogP contribution in [0.3, 0.4) is 0 Å². The molecule has 0 radical (unpaired) electrons. The number of amides is 1. The lowest BCUT2D eigenvalue weighted by Gasteiger charge is -2.07. The Kier molecular flexibility index (Phi) is 5.38. The van der Waals surface area contributed by atoms with E-state index < -0.39 is 0 Å². The number of carbonyl (C=O) groups is 1. The Hall–Kier alpha value is -2.53. The highest BCUT2D eigenvalue weighted by molar-refractivity contribution is 6.33. The Bertz CT molecular complexity index is 679. The summed E-state index contributed by atoms with van der Waals surface area (Å²) in [4.78, 5) is 12.1. The summed E-state index contributed by atoms with van der Waals surface area (Å²) in [6, 6.07) is 12.1. The van der Waals surface area contributed by atoms with Crippen molar-refractivity contribution in [1.82, 2.24) is 5.43 Å². The van der Waals surface area contributed by atoms with Crippen LogP contribution in [0.2, 0.25) is 5.02 Å². The van der Waals surface area contributed by atoms with Crippen molar-refractivity contribution in [2.75, 3.05) is 14.2 Å². The van der Waals surface area contributed by atoms with Crippen molar-refractivity contribution < 1.29 is 14.3 Å². The first-order chi connectivity index (χ1) is 10.6. The number of ether oxygens (including phenoxy) is 2. The predicted molar refractivity (Wildman–Crippen MR) is 86.1 cm³/mol. The summed E-state index contributed by atoms with van der Waals surface area (Å²) in [6.07, 6.45) is 1.48. The number of nitrogens with one attached hydrogen (secondary N) is 1. The fraction of sp³-hybridized carbons (Fsp3) is 0.125. The molecule has 0 spiro atoms. The fourth-order valence-electron chi connectivity index (χ4n) is 1.74. The van der Waals surface area contributed by atoms with Gasteiger partial charge >= 0.3 is 0 Å². The summed E-state index contributed by atoms with van der Waals surface area (Å²) in [6.45, 7) is 0. The molecule has 2 rings (SSSR count). The highest BCUT2D eigenvalue weighted by atomic mass is 35.5. The van der Waals surface area contributed by atoms with Crippen LogP contribution in [0, 0.1) is 0 Å². The van der Waals surface area contributed by atoms with Gasteiger partial charge in [0.1, 0.15) is 11.5 Å². The molecule has 0 bridgehead atoms. The van der Waals surface area contributed by atoms with E-state index in [0.29, 0.717) is 27.6 Å². The smallest absolute Gasteiger partial charge is 0.271 e. The Morgan fingerprint density at radius 2 is 1.77 bits per heavy atom. The minimum Gasteiger partial charge on any atom is -0.497 e. The van der Waals surface area contributed by atoms with Crippen LogP contribution in [-0.2, 0) is 0 Å². The second-order valence-electron chi connectivity index (χ2n) is 4.32. The SMILES string of the molecule is COc1cc(OC)cc(C(=O)N/N=C\c2ccccc2Cl)c1. The molecule has 0 heterocycles. The molecule has 0 atom stereocenters. The zero-order valence-electron chi connectivity index (χ0n) is 12.2.